The van der Waals surface area contributed by atoms with Gasteiger partial charge in [0.25, 0.3) is 5.56 Å². The predicted octanol–water partition coefficient (Wildman–Crippen LogP) is 5.12. The first kappa shape index (κ1) is 26.2. The van der Waals surface area contributed by atoms with E-state index in [4.69, 9.17) is 31.1 Å². The van der Waals surface area contributed by atoms with Crippen LogP contribution in [-0.4, -0.2) is 33.9 Å². The number of aromatic amines is 1. The topological polar surface area (TPSA) is 120 Å². The highest BCUT2D eigenvalue weighted by Crippen LogP contribution is 2.38. The number of aromatic hydroxyl groups is 1. The average molecular weight is 546 g/mol. The molecule has 0 spiro atoms. The number of methoxy groups -OCH3 is 2. The smallest absolute Gasteiger partial charge is 0.339 e. The number of nitrogens with zero attached hydrogens (tertiary/aromatic N) is 2. The van der Waals surface area contributed by atoms with E-state index in [-0.39, 0.29) is 16.1 Å². The highest BCUT2D eigenvalue weighted by Gasteiger charge is 2.19. The number of aromatic nitrogens is 3. The van der Waals surface area contributed by atoms with E-state index >= 15 is 0 Å². The fourth-order valence-corrected chi connectivity index (χ4v) is 4.98. The van der Waals surface area contributed by atoms with Gasteiger partial charge in [-0.05, 0) is 80.9 Å². The van der Waals surface area contributed by atoms with Crippen molar-refractivity contribution >= 4 is 34.2 Å². The maximum Gasteiger partial charge on any atom is 0.339 e. The van der Waals surface area contributed by atoms with Gasteiger partial charge in [0, 0.05) is 28.6 Å². The Bertz CT molecular complexity index is 1950. The van der Waals surface area contributed by atoms with Gasteiger partial charge in [0.05, 0.1) is 25.3 Å². The third-order valence-corrected chi connectivity index (χ3v) is 7.46. The Labute approximate surface area is 228 Å². The molecule has 0 unspecified atom stereocenters. The second-order valence-electron chi connectivity index (χ2n) is 9.33. The number of ether oxygens (including phenoxy) is 2. The molecule has 5 rings (SSSR count). The maximum absolute atomic E-state index is 12.7. The Morgan fingerprint density at radius 3 is 2.44 bits per heavy atom. The van der Waals surface area contributed by atoms with Crippen molar-refractivity contribution in [1.29, 1.82) is 0 Å². The summed E-state index contributed by atoms with van der Waals surface area (Å²) in [5.41, 5.74) is 3.53. The van der Waals surface area contributed by atoms with E-state index in [0.29, 0.717) is 68.9 Å². The molecule has 0 aliphatic heterocycles. The molecule has 0 saturated carbocycles. The van der Waals surface area contributed by atoms with E-state index < -0.39 is 5.63 Å². The van der Waals surface area contributed by atoms with E-state index in [1.54, 1.807) is 50.8 Å². The van der Waals surface area contributed by atoms with Crippen LogP contribution in [0.15, 0.2) is 50.4 Å². The molecule has 39 heavy (non-hydrogen) atoms. The lowest BCUT2D eigenvalue weighted by Gasteiger charge is -2.15. The number of hydrogen-bond acceptors (Lipinski definition) is 8. The zero-order valence-electron chi connectivity index (χ0n) is 22.2. The Balaban J connectivity index is 1.65. The van der Waals surface area contributed by atoms with Gasteiger partial charge in [-0.1, -0.05) is 6.07 Å². The lowest BCUT2D eigenvalue weighted by molar-refractivity contribution is 0.354. The van der Waals surface area contributed by atoms with Crippen molar-refractivity contribution < 1.29 is 19.0 Å². The van der Waals surface area contributed by atoms with Gasteiger partial charge in [0.15, 0.2) is 16.3 Å². The summed E-state index contributed by atoms with van der Waals surface area (Å²) in [6.45, 7) is 5.67. The lowest BCUT2D eigenvalue weighted by Crippen LogP contribution is -2.17. The van der Waals surface area contributed by atoms with Crippen LogP contribution in [0.4, 0.5) is 0 Å². The molecule has 0 atom stereocenters. The van der Waals surface area contributed by atoms with Crippen molar-refractivity contribution in [1.82, 2.24) is 14.5 Å². The Morgan fingerprint density at radius 2 is 1.72 bits per heavy atom. The lowest BCUT2D eigenvalue weighted by atomic mass is 9.98. The van der Waals surface area contributed by atoms with Gasteiger partial charge < -0.3 is 23.6 Å². The van der Waals surface area contributed by atoms with Crippen LogP contribution in [-0.2, 0) is 13.0 Å². The van der Waals surface area contributed by atoms with E-state index in [1.165, 1.54) is 0 Å². The summed E-state index contributed by atoms with van der Waals surface area (Å²) >= 11 is 5.52. The van der Waals surface area contributed by atoms with Gasteiger partial charge in [-0.25, -0.2) is 9.78 Å². The molecule has 9 nitrogen and oxygen atoms in total. The first-order valence-electron chi connectivity index (χ1n) is 12.3. The van der Waals surface area contributed by atoms with E-state index in [9.17, 15) is 14.7 Å². The second kappa shape index (κ2) is 10.0. The summed E-state index contributed by atoms with van der Waals surface area (Å²) in [6, 6.07) is 10.8. The third-order valence-electron chi connectivity index (χ3n) is 7.14. The van der Waals surface area contributed by atoms with Gasteiger partial charge in [-0.15, -0.1) is 0 Å². The fraction of sp³-hybridized carbons (Fsp3) is 0.241. The van der Waals surface area contributed by atoms with Crippen LogP contribution >= 0.6 is 12.2 Å². The molecule has 2 aromatic carbocycles. The first-order valence-corrected chi connectivity index (χ1v) is 12.7. The molecule has 0 radical (unpaired) electrons. The molecule has 0 amide bonds. The molecule has 200 valence electrons. The summed E-state index contributed by atoms with van der Waals surface area (Å²) in [5, 5.41) is 12.1. The van der Waals surface area contributed by atoms with Crippen molar-refractivity contribution in [3.8, 4) is 28.5 Å². The molecular formula is C29H27N3O6S. The summed E-state index contributed by atoms with van der Waals surface area (Å²) in [7, 11) is 3.17. The molecule has 5 aromatic rings. The van der Waals surface area contributed by atoms with E-state index in [0.717, 1.165) is 11.1 Å². The van der Waals surface area contributed by atoms with E-state index in [2.05, 4.69) is 4.98 Å². The number of nitrogens with one attached hydrogen (secondary N) is 1. The number of hydrogen-bond donors (Lipinski definition) is 2. The van der Waals surface area contributed by atoms with Gasteiger partial charge >= 0.3 is 5.63 Å². The van der Waals surface area contributed by atoms with Gasteiger partial charge in [0.2, 0.25) is 0 Å². The standard InChI is InChI=1S/C29H27N3O6S/c1-14-15(2)28(35)38-25-16(3)24(33)20(13-19(14)25)21-8-7-18-26(30-21)32(29(39)31-27(18)34)11-10-17-6-9-22(36-4)23(12-17)37-5/h6-9,12-13,33H,10-11H2,1-5H3,(H,31,34,39). The zero-order chi connectivity index (χ0) is 28.0. The summed E-state index contributed by atoms with van der Waals surface area (Å²) in [6.07, 6.45) is 0.583. The summed E-state index contributed by atoms with van der Waals surface area (Å²) in [4.78, 5) is 32.5. The SMILES string of the molecule is COc1ccc(CCn2c(=S)[nH]c(=O)c3ccc(-c4cc5c(C)c(C)c(=O)oc5c(C)c4O)nc32)cc1OC. The molecule has 3 heterocycles. The predicted molar refractivity (Wildman–Crippen MR) is 152 cm³/mol. The van der Waals surface area contributed by atoms with Crippen LogP contribution < -0.4 is 20.7 Å². The molecular weight excluding hydrogens is 518 g/mol. The van der Waals surface area contributed by atoms with Crippen molar-refractivity contribution in [2.24, 2.45) is 0 Å². The van der Waals surface area contributed by atoms with Crippen LogP contribution in [0.2, 0.25) is 0 Å². The van der Waals surface area contributed by atoms with Gasteiger partial charge in [-0.3, -0.25) is 9.78 Å². The largest absolute Gasteiger partial charge is 0.507 e. The minimum absolute atomic E-state index is 0.0546. The van der Waals surface area contributed by atoms with Crippen LogP contribution in [0.1, 0.15) is 22.3 Å². The molecule has 0 saturated heterocycles. The monoisotopic (exact) mass is 545 g/mol. The molecule has 3 aromatic heterocycles. The number of phenolic OH excluding ortho intramolecular Hbond substituents is 1. The van der Waals surface area contributed by atoms with Crippen molar-refractivity contribution in [3.63, 3.8) is 0 Å². The van der Waals surface area contributed by atoms with Crippen molar-refractivity contribution in [2.75, 3.05) is 14.2 Å². The fourth-order valence-electron chi connectivity index (χ4n) is 4.71. The molecule has 10 heteroatoms. The van der Waals surface area contributed by atoms with Crippen LogP contribution in [0.25, 0.3) is 33.3 Å². The van der Waals surface area contributed by atoms with Crippen LogP contribution in [0.3, 0.4) is 0 Å². The Kier molecular flexibility index (Phi) is 6.73. The number of rotatable bonds is 6. The number of phenols is 1. The second-order valence-corrected chi connectivity index (χ2v) is 9.72. The molecule has 2 N–H and O–H groups in total. The van der Waals surface area contributed by atoms with Gasteiger partial charge in [0.1, 0.15) is 17.0 Å². The van der Waals surface area contributed by atoms with Crippen LogP contribution in [0, 0.1) is 25.5 Å². The third kappa shape index (κ3) is 4.46. The normalized spacial score (nSPS) is 11.3. The minimum Gasteiger partial charge on any atom is -0.507 e. The first-order chi connectivity index (χ1) is 18.6. The number of aryl methyl sites for hydroxylation is 4. The molecule has 0 aliphatic rings. The molecule has 0 aliphatic carbocycles. The molecule has 0 bridgehead atoms. The minimum atomic E-state index is -0.438. The number of H-pyrrole nitrogens is 1. The van der Waals surface area contributed by atoms with Crippen LogP contribution in [0.5, 0.6) is 17.2 Å². The maximum atomic E-state index is 12.7. The highest BCUT2D eigenvalue weighted by molar-refractivity contribution is 7.71. The zero-order valence-corrected chi connectivity index (χ0v) is 23.0. The Morgan fingerprint density at radius 1 is 0.974 bits per heavy atom. The Hall–Kier alpha value is -4.44. The number of benzene rings is 2. The number of fused-ring (bicyclic) bond motifs is 2. The average Bonchev–Trinajstić information content (AvgIpc) is 2.93. The summed E-state index contributed by atoms with van der Waals surface area (Å²) in [5.74, 6) is 1.20. The highest BCUT2D eigenvalue weighted by atomic mass is 32.1. The molecule has 0 fully saturated rings. The van der Waals surface area contributed by atoms with Crippen molar-refractivity contribution in [3.05, 3.63) is 84.2 Å². The van der Waals surface area contributed by atoms with Crippen molar-refractivity contribution in [2.45, 2.75) is 33.7 Å². The number of pyridine rings is 1. The quantitative estimate of drug-likeness (QED) is 0.223. The summed E-state index contributed by atoms with van der Waals surface area (Å²) < 4.78 is 18.2. The van der Waals surface area contributed by atoms with Gasteiger partial charge in [-0.2, -0.15) is 0 Å². The van der Waals surface area contributed by atoms with E-state index in [1.807, 2.05) is 25.1 Å².